The highest BCUT2D eigenvalue weighted by molar-refractivity contribution is 7.91. The van der Waals surface area contributed by atoms with Gasteiger partial charge in [-0.05, 0) is 12.1 Å². The van der Waals surface area contributed by atoms with Crippen LogP contribution in [0.2, 0.25) is 5.02 Å². The minimum atomic E-state index is -3.27. The Morgan fingerprint density at radius 1 is 1.58 bits per heavy atom. The highest BCUT2D eigenvalue weighted by Gasteiger charge is 2.16. The van der Waals surface area contributed by atoms with Crippen LogP contribution in [0.1, 0.15) is 6.92 Å². The fraction of sp³-hybridized carbons (Fsp3) is 0.286. The molecule has 3 nitrogen and oxygen atoms in total. The van der Waals surface area contributed by atoms with Crippen LogP contribution in [0.5, 0.6) is 0 Å². The van der Waals surface area contributed by atoms with Gasteiger partial charge in [0.05, 0.1) is 10.8 Å². The van der Waals surface area contributed by atoms with E-state index in [9.17, 15) is 8.42 Å². The summed E-state index contributed by atoms with van der Waals surface area (Å²) in [6, 6.07) is 3.11. The fourth-order valence-electron chi connectivity index (χ4n) is 0.737. The van der Waals surface area contributed by atoms with E-state index < -0.39 is 9.84 Å². The zero-order chi connectivity index (χ0) is 9.19. The second-order valence-corrected chi connectivity index (χ2v) is 4.79. The predicted molar refractivity (Wildman–Crippen MR) is 47.0 cm³/mol. The number of pyridine rings is 1. The summed E-state index contributed by atoms with van der Waals surface area (Å²) in [6.07, 6.45) is 1.41. The summed E-state index contributed by atoms with van der Waals surface area (Å²) in [4.78, 5) is 3.70. The van der Waals surface area contributed by atoms with Crippen molar-refractivity contribution in [2.24, 2.45) is 0 Å². The molecule has 0 aromatic carbocycles. The molecule has 0 spiro atoms. The van der Waals surface area contributed by atoms with E-state index in [-0.39, 0.29) is 15.8 Å². The van der Waals surface area contributed by atoms with Gasteiger partial charge in [0, 0.05) is 6.20 Å². The molecule has 0 unspecified atom stereocenters. The normalized spacial score (nSPS) is 11.5. The maximum absolute atomic E-state index is 11.3. The molecule has 0 saturated carbocycles. The van der Waals surface area contributed by atoms with Crippen LogP contribution in [0.15, 0.2) is 23.4 Å². The third-order valence-electron chi connectivity index (χ3n) is 1.40. The molecule has 0 aliphatic carbocycles. The van der Waals surface area contributed by atoms with Gasteiger partial charge in [0.25, 0.3) is 0 Å². The van der Waals surface area contributed by atoms with Crippen LogP contribution in [0.4, 0.5) is 0 Å². The van der Waals surface area contributed by atoms with Crippen molar-refractivity contribution in [3.63, 3.8) is 0 Å². The van der Waals surface area contributed by atoms with Crippen molar-refractivity contribution < 1.29 is 8.42 Å². The monoisotopic (exact) mass is 205 g/mol. The topological polar surface area (TPSA) is 47.0 Å². The van der Waals surface area contributed by atoms with E-state index in [1.807, 2.05) is 0 Å². The first kappa shape index (κ1) is 9.48. The van der Waals surface area contributed by atoms with Crippen LogP contribution < -0.4 is 0 Å². The van der Waals surface area contributed by atoms with Gasteiger partial charge < -0.3 is 0 Å². The molecule has 0 N–H and O–H groups in total. The smallest absolute Gasteiger partial charge is 0.196 e. The summed E-state index contributed by atoms with van der Waals surface area (Å²) < 4.78 is 22.5. The van der Waals surface area contributed by atoms with Crippen molar-refractivity contribution in [2.75, 3.05) is 5.75 Å². The molecule has 0 aliphatic heterocycles. The van der Waals surface area contributed by atoms with Crippen molar-refractivity contribution in [1.29, 1.82) is 0 Å². The molecule has 1 rings (SSSR count). The molecule has 0 aliphatic rings. The van der Waals surface area contributed by atoms with E-state index in [0.29, 0.717) is 0 Å². The summed E-state index contributed by atoms with van der Waals surface area (Å²) in [5.41, 5.74) is 0. The fourth-order valence-corrected chi connectivity index (χ4v) is 2.07. The molecule has 1 aromatic rings. The Hall–Kier alpha value is -0.610. The first-order chi connectivity index (χ1) is 5.58. The van der Waals surface area contributed by atoms with E-state index in [1.54, 1.807) is 13.0 Å². The zero-order valence-electron chi connectivity index (χ0n) is 6.49. The summed E-state index contributed by atoms with van der Waals surface area (Å²) >= 11 is 5.65. The lowest BCUT2D eigenvalue weighted by molar-refractivity contribution is 0.593. The molecule has 12 heavy (non-hydrogen) atoms. The Balaban J connectivity index is 3.30. The minimum Gasteiger partial charge on any atom is -0.243 e. The van der Waals surface area contributed by atoms with Gasteiger partial charge in [-0.3, -0.25) is 0 Å². The van der Waals surface area contributed by atoms with Crippen LogP contribution in [0.25, 0.3) is 0 Å². The number of aromatic nitrogens is 1. The van der Waals surface area contributed by atoms with Crippen molar-refractivity contribution in [2.45, 2.75) is 11.9 Å². The van der Waals surface area contributed by atoms with Crippen LogP contribution >= 0.6 is 11.6 Å². The van der Waals surface area contributed by atoms with Crippen molar-refractivity contribution in [3.8, 4) is 0 Å². The SMILES string of the molecule is CCS(=O)(=O)c1ncccc1Cl. The molecule has 0 radical (unpaired) electrons. The Bertz CT molecular complexity index is 375. The molecule has 66 valence electrons. The summed E-state index contributed by atoms with van der Waals surface area (Å²) in [5.74, 6) is 0.0176. The number of sulfone groups is 1. The lowest BCUT2D eigenvalue weighted by atomic mass is 10.5. The van der Waals surface area contributed by atoms with Crippen molar-refractivity contribution >= 4 is 21.4 Å². The highest BCUT2D eigenvalue weighted by atomic mass is 35.5. The Labute approximate surface area is 76.3 Å². The Morgan fingerprint density at radius 2 is 2.25 bits per heavy atom. The van der Waals surface area contributed by atoms with Crippen molar-refractivity contribution in [3.05, 3.63) is 23.4 Å². The average Bonchev–Trinajstić information content (AvgIpc) is 2.05. The van der Waals surface area contributed by atoms with Crippen LogP contribution in [0.3, 0.4) is 0 Å². The largest absolute Gasteiger partial charge is 0.243 e. The molecule has 0 amide bonds. The van der Waals surface area contributed by atoms with Gasteiger partial charge in [-0.1, -0.05) is 18.5 Å². The lowest BCUT2D eigenvalue weighted by Crippen LogP contribution is -2.06. The Kier molecular flexibility index (Phi) is 2.69. The molecule has 0 fully saturated rings. The average molecular weight is 206 g/mol. The van der Waals surface area contributed by atoms with Gasteiger partial charge in [-0.15, -0.1) is 0 Å². The van der Waals surface area contributed by atoms with Gasteiger partial charge in [0.2, 0.25) is 0 Å². The van der Waals surface area contributed by atoms with Crippen LogP contribution in [0, 0.1) is 0 Å². The number of halogens is 1. The summed E-state index contributed by atoms with van der Waals surface area (Å²) in [6.45, 7) is 1.56. The van der Waals surface area contributed by atoms with Crippen molar-refractivity contribution in [1.82, 2.24) is 4.98 Å². The Morgan fingerprint density at radius 3 is 2.75 bits per heavy atom. The highest BCUT2D eigenvalue weighted by Crippen LogP contribution is 2.18. The molecule has 5 heteroatoms. The van der Waals surface area contributed by atoms with Gasteiger partial charge in [-0.25, -0.2) is 13.4 Å². The van der Waals surface area contributed by atoms with Crippen LogP contribution in [-0.2, 0) is 9.84 Å². The van der Waals surface area contributed by atoms with Crippen LogP contribution in [-0.4, -0.2) is 19.2 Å². The first-order valence-corrected chi connectivity index (χ1v) is 5.44. The zero-order valence-corrected chi connectivity index (χ0v) is 8.06. The maximum atomic E-state index is 11.3. The number of hydrogen-bond acceptors (Lipinski definition) is 3. The number of hydrogen-bond donors (Lipinski definition) is 0. The van der Waals surface area contributed by atoms with Gasteiger partial charge in [0.15, 0.2) is 14.9 Å². The standard InChI is InChI=1S/C7H8ClNO2S/c1-2-12(10,11)7-6(8)4-3-5-9-7/h3-5H,2H2,1H3. The second-order valence-electron chi connectivity index (χ2n) is 2.19. The van der Waals surface area contributed by atoms with Gasteiger partial charge in [0.1, 0.15) is 0 Å². The van der Waals surface area contributed by atoms with E-state index >= 15 is 0 Å². The molecule has 0 atom stereocenters. The molecular formula is C7H8ClNO2S. The predicted octanol–water partition coefficient (Wildman–Crippen LogP) is 1.53. The maximum Gasteiger partial charge on any atom is 0.196 e. The first-order valence-electron chi connectivity index (χ1n) is 3.41. The van der Waals surface area contributed by atoms with Gasteiger partial charge >= 0.3 is 0 Å². The number of rotatable bonds is 2. The molecule has 0 saturated heterocycles. The molecule has 1 heterocycles. The lowest BCUT2D eigenvalue weighted by Gasteiger charge is -2.00. The third-order valence-corrected chi connectivity index (χ3v) is 3.49. The second kappa shape index (κ2) is 3.41. The van der Waals surface area contributed by atoms with E-state index in [0.717, 1.165) is 0 Å². The van der Waals surface area contributed by atoms with Gasteiger partial charge in [-0.2, -0.15) is 0 Å². The molecule has 0 bridgehead atoms. The van der Waals surface area contributed by atoms with E-state index in [2.05, 4.69) is 4.98 Å². The molecule has 1 aromatic heterocycles. The minimum absolute atomic E-state index is 0.0176. The summed E-state index contributed by atoms with van der Waals surface area (Å²) in [7, 11) is -3.27. The third kappa shape index (κ3) is 1.76. The number of nitrogens with zero attached hydrogens (tertiary/aromatic N) is 1. The van der Waals surface area contributed by atoms with E-state index in [4.69, 9.17) is 11.6 Å². The van der Waals surface area contributed by atoms with E-state index in [1.165, 1.54) is 12.3 Å². The molecular weight excluding hydrogens is 198 g/mol. The summed E-state index contributed by atoms with van der Waals surface area (Å²) in [5, 5.41) is 0.147. The quantitative estimate of drug-likeness (QED) is 0.736.